The molecule has 4 heterocycles. The highest BCUT2D eigenvalue weighted by molar-refractivity contribution is 6.31. The molecular weight excluding hydrogens is 412 g/mol. The van der Waals surface area contributed by atoms with Crippen molar-refractivity contribution in [3.05, 3.63) is 35.1 Å². The summed E-state index contributed by atoms with van der Waals surface area (Å²) in [6.07, 6.45) is 5.76. The molecule has 0 aliphatic carbocycles. The molecule has 30 heavy (non-hydrogen) atoms. The number of likely N-dealkylation sites (tertiary alicyclic amines) is 1. The molecule has 2 saturated heterocycles. The lowest BCUT2D eigenvalue weighted by Crippen LogP contribution is -2.53. The molecule has 0 unspecified atom stereocenters. The van der Waals surface area contributed by atoms with Crippen molar-refractivity contribution in [3.63, 3.8) is 0 Å². The minimum atomic E-state index is -0.689. The number of carbonyl (C=O) groups excluding carboxylic acids is 2. The molecule has 0 aromatic carbocycles. The minimum absolute atomic E-state index is 0.0576. The van der Waals surface area contributed by atoms with Crippen LogP contribution in [0.25, 0.3) is 0 Å². The second-order valence-electron chi connectivity index (χ2n) is 7.08. The highest BCUT2D eigenvalue weighted by Crippen LogP contribution is 2.25. The number of guanidine groups is 1. The average Bonchev–Trinajstić information content (AvgIpc) is 3.13. The number of aromatic nitrogens is 4. The molecule has 0 bridgehead atoms. The summed E-state index contributed by atoms with van der Waals surface area (Å²) < 4.78 is 0. The number of nitrogens with one attached hydrogen (secondary N) is 2. The van der Waals surface area contributed by atoms with Gasteiger partial charge in [0.25, 0.3) is 5.91 Å². The van der Waals surface area contributed by atoms with Crippen LogP contribution in [0.15, 0.2) is 23.7 Å². The van der Waals surface area contributed by atoms with Crippen molar-refractivity contribution in [2.75, 3.05) is 31.1 Å². The third-order valence-corrected chi connectivity index (χ3v) is 5.39. The number of nitrogens with two attached hydrogens (primary N) is 2. The van der Waals surface area contributed by atoms with Gasteiger partial charge in [-0.3, -0.25) is 9.59 Å². The van der Waals surface area contributed by atoms with E-state index in [0.29, 0.717) is 44.0 Å². The van der Waals surface area contributed by atoms with Crippen molar-refractivity contribution in [1.82, 2.24) is 35.5 Å². The van der Waals surface area contributed by atoms with E-state index in [1.54, 1.807) is 4.90 Å². The summed E-state index contributed by atoms with van der Waals surface area (Å²) in [5, 5.41) is 6.23. The van der Waals surface area contributed by atoms with Crippen molar-refractivity contribution in [3.8, 4) is 0 Å². The Morgan fingerprint density at radius 1 is 1.13 bits per heavy atom. The number of anilines is 2. The van der Waals surface area contributed by atoms with Gasteiger partial charge in [-0.2, -0.15) is 4.99 Å². The molecule has 12 nitrogen and oxygen atoms in total. The number of hydrogen-bond donors (Lipinski definition) is 4. The van der Waals surface area contributed by atoms with Crippen LogP contribution in [0, 0.1) is 0 Å². The zero-order valence-electron chi connectivity index (χ0n) is 15.8. The fourth-order valence-electron chi connectivity index (χ4n) is 3.45. The number of aliphatic imine (C=N–C) groups is 1. The van der Waals surface area contributed by atoms with Crippen LogP contribution >= 0.6 is 11.6 Å². The van der Waals surface area contributed by atoms with Gasteiger partial charge >= 0.3 is 5.91 Å². The molecule has 6 N–H and O–H groups in total. The number of nitrogen functional groups attached to an aromatic ring is 2. The Kier molecular flexibility index (Phi) is 5.08. The van der Waals surface area contributed by atoms with Gasteiger partial charge in [-0.25, -0.2) is 19.9 Å². The molecule has 1 spiro atoms. The predicted molar refractivity (Wildman–Crippen MR) is 109 cm³/mol. The number of halogens is 1. The first kappa shape index (κ1) is 19.8. The summed E-state index contributed by atoms with van der Waals surface area (Å²) >= 11 is 5.82. The van der Waals surface area contributed by atoms with Crippen LogP contribution in [0.3, 0.4) is 0 Å². The maximum absolute atomic E-state index is 12.6. The van der Waals surface area contributed by atoms with Gasteiger partial charge < -0.3 is 27.0 Å². The van der Waals surface area contributed by atoms with E-state index < -0.39 is 5.91 Å². The Labute approximate surface area is 176 Å². The maximum Gasteiger partial charge on any atom is 0.302 e. The lowest BCUT2D eigenvalue weighted by atomic mass is 9.88. The van der Waals surface area contributed by atoms with Gasteiger partial charge in [0, 0.05) is 32.0 Å². The quantitative estimate of drug-likeness (QED) is 0.483. The predicted octanol–water partition coefficient (Wildman–Crippen LogP) is -0.552. The van der Waals surface area contributed by atoms with E-state index in [9.17, 15) is 9.59 Å². The Morgan fingerprint density at radius 3 is 2.53 bits per heavy atom. The molecule has 0 radical (unpaired) electrons. The normalized spacial score (nSPS) is 18.8. The molecule has 156 valence electrons. The first-order valence-electron chi connectivity index (χ1n) is 9.15. The lowest BCUT2D eigenvalue weighted by molar-refractivity contribution is 0.0668. The van der Waals surface area contributed by atoms with Gasteiger partial charge in [0.15, 0.2) is 28.4 Å². The third-order valence-electron chi connectivity index (χ3n) is 5.11. The zero-order chi connectivity index (χ0) is 21.3. The van der Waals surface area contributed by atoms with E-state index in [0.717, 1.165) is 0 Å². The van der Waals surface area contributed by atoms with Crippen LogP contribution in [0.1, 0.15) is 33.7 Å². The Hall–Kier alpha value is -3.54. The van der Waals surface area contributed by atoms with E-state index in [-0.39, 0.29) is 33.9 Å². The van der Waals surface area contributed by atoms with Gasteiger partial charge in [-0.1, -0.05) is 11.6 Å². The lowest BCUT2D eigenvalue weighted by Gasteiger charge is -2.38. The second-order valence-corrected chi connectivity index (χ2v) is 7.44. The maximum atomic E-state index is 12.6. The summed E-state index contributed by atoms with van der Waals surface area (Å²) in [7, 11) is 0. The van der Waals surface area contributed by atoms with Gasteiger partial charge in [-0.05, 0) is 12.8 Å². The third kappa shape index (κ3) is 3.81. The SMILES string of the molecule is Nc1nc(N)c(C(=O)/N=C2\NCC3(CCN(C(=O)c4cncnc4)CC3)N2)nc1Cl. The molecule has 0 saturated carbocycles. The molecule has 2 aromatic heterocycles. The average molecular weight is 431 g/mol. The molecule has 2 aliphatic rings. The Morgan fingerprint density at radius 2 is 1.83 bits per heavy atom. The van der Waals surface area contributed by atoms with Crippen molar-refractivity contribution >= 4 is 41.0 Å². The summed E-state index contributed by atoms with van der Waals surface area (Å²) in [4.78, 5) is 46.2. The van der Waals surface area contributed by atoms with Crippen LogP contribution in [0.4, 0.5) is 11.6 Å². The van der Waals surface area contributed by atoms with Crippen LogP contribution in [-0.4, -0.2) is 67.8 Å². The van der Waals surface area contributed by atoms with E-state index in [1.807, 2.05) is 0 Å². The smallest absolute Gasteiger partial charge is 0.302 e. The number of hydrogen-bond acceptors (Lipinski definition) is 8. The summed E-state index contributed by atoms with van der Waals surface area (Å²) in [6, 6.07) is 0. The minimum Gasteiger partial charge on any atom is -0.382 e. The van der Waals surface area contributed by atoms with Crippen molar-refractivity contribution in [2.45, 2.75) is 18.4 Å². The number of piperidine rings is 1. The number of nitrogens with zero attached hydrogens (tertiary/aromatic N) is 6. The number of carbonyl (C=O) groups is 2. The van der Waals surface area contributed by atoms with E-state index in [2.05, 4.69) is 35.6 Å². The summed E-state index contributed by atoms with van der Waals surface area (Å²) in [5.74, 6) is -0.681. The van der Waals surface area contributed by atoms with Gasteiger partial charge in [-0.15, -0.1) is 0 Å². The van der Waals surface area contributed by atoms with E-state index in [1.165, 1.54) is 18.7 Å². The molecule has 2 aliphatic heterocycles. The molecule has 2 fully saturated rings. The highest BCUT2D eigenvalue weighted by Gasteiger charge is 2.41. The van der Waals surface area contributed by atoms with Gasteiger partial charge in [0.05, 0.1) is 11.1 Å². The summed E-state index contributed by atoms with van der Waals surface area (Å²) in [5.41, 5.74) is 11.2. The van der Waals surface area contributed by atoms with Crippen LogP contribution in [0.2, 0.25) is 5.15 Å². The van der Waals surface area contributed by atoms with Crippen LogP contribution in [0.5, 0.6) is 0 Å². The van der Waals surface area contributed by atoms with Crippen molar-refractivity contribution in [2.24, 2.45) is 4.99 Å². The number of rotatable bonds is 2. The summed E-state index contributed by atoms with van der Waals surface area (Å²) in [6.45, 7) is 1.67. The first-order chi connectivity index (χ1) is 14.4. The van der Waals surface area contributed by atoms with Crippen LogP contribution in [-0.2, 0) is 0 Å². The Balaban J connectivity index is 1.40. The van der Waals surface area contributed by atoms with Gasteiger partial charge in [0.1, 0.15) is 6.33 Å². The first-order valence-corrected chi connectivity index (χ1v) is 9.52. The molecule has 4 rings (SSSR count). The molecule has 13 heteroatoms. The number of amides is 2. The molecule has 2 amide bonds. The topological polar surface area (TPSA) is 177 Å². The van der Waals surface area contributed by atoms with Crippen molar-refractivity contribution < 1.29 is 9.59 Å². The van der Waals surface area contributed by atoms with Gasteiger partial charge in [0.2, 0.25) is 0 Å². The fraction of sp³-hybridized carbons (Fsp3) is 0.353. The Bertz CT molecular complexity index is 1020. The largest absolute Gasteiger partial charge is 0.382 e. The van der Waals surface area contributed by atoms with E-state index >= 15 is 0 Å². The zero-order valence-corrected chi connectivity index (χ0v) is 16.6. The van der Waals surface area contributed by atoms with Crippen molar-refractivity contribution in [1.29, 1.82) is 0 Å². The van der Waals surface area contributed by atoms with Crippen LogP contribution < -0.4 is 22.1 Å². The second kappa shape index (κ2) is 7.71. The highest BCUT2D eigenvalue weighted by atomic mass is 35.5. The molecule has 0 atom stereocenters. The monoisotopic (exact) mass is 430 g/mol. The fourth-order valence-corrected chi connectivity index (χ4v) is 3.57. The van der Waals surface area contributed by atoms with E-state index in [4.69, 9.17) is 23.1 Å². The standard InChI is InChI=1S/C17H19ClN10O2/c18-11-13(20)25-12(19)10(24-11)14(29)26-16-23-7-17(27-16)1-3-28(4-2-17)15(30)9-5-21-8-22-6-9/h5-6,8H,1-4,7H2,(H4,19,20,25)(H2,23,26,27,29). The molecular formula is C17H19ClN10O2. The molecule has 2 aromatic rings.